The highest BCUT2D eigenvalue weighted by molar-refractivity contribution is 7.89. The first-order chi connectivity index (χ1) is 6.47. The number of hydrogen-bond donors (Lipinski definition) is 2. The van der Waals surface area contributed by atoms with E-state index in [2.05, 4.69) is 10.3 Å². The Balaban J connectivity index is 2.23. The lowest BCUT2D eigenvalue weighted by atomic mass is 10.5. The highest BCUT2D eigenvalue weighted by atomic mass is 32.2. The highest BCUT2D eigenvalue weighted by Gasteiger charge is 2.02. The summed E-state index contributed by atoms with van der Waals surface area (Å²) in [4.78, 5) is 5.17. The van der Waals surface area contributed by atoms with Crippen molar-refractivity contribution in [3.8, 4) is 0 Å². The van der Waals surface area contributed by atoms with Gasteiger partial charge in [0.25, 0.3) is 0 Å². The lowest BCUT2D eigenvalue weighted by Gasteiger charge is -2.00. The van der Waals surface area contributed by atoms with E-state index in [-0.39, 0.29) is 5.75 Å². The van der Waals surface area contributed by atoms with Crippen LogP contribution in [0.25, 0.3) is 0 Å². The standard InChI is InChI=1S/C7H13N3O2S2/c1-6-10-5-7(13-6)4-9-2-3-14(8,11)12/h5,9H,2-4H2,1H3,(H2,8,11,12). The molecule has 3 N–H and O–H groups in total. The normalized spacial score (nSPS) is 11.9. The minimum Gasteiger partial charge on any atom is -0.311 e. The Morgan fingerprint density at radius 3 is 2.86 bits per heavy atom. The number of aromatic nitrogens is 1. The monoisotopic (exact) mass is 235 g/mol. The Morgan fingerprint density at radius 1 is 1.64 bits per heavy atom. The van der Waals surface area contributed by atoms with E-state index in [9.17, 15) is 8.42 Å². The van der Waals surface area contributed by atoms with Crippen LogP contribution >= 0.6 is 11.3 Å². The van der Waals surface area contributed by atoms with E-state index < -0.39 is 10.0 Å². The van der Waals surface area contributed by atoms with E-state index in [0.29, 0.717) is 13.1 Å². The number of nitrogens with one attached hydrogen (secondary N) is 1. The third-order valence-electron chi connectivity index (χ3n) is 1.53. The van der Waals surface area contributed by atoms with Gasteiger partial charge in [0.05, 0.1) is 10.8 Å². The van der Waals surface area contributed by atoms with Crippen molar-refractivity contribution >= 4 is 21.4 Å². The Bertz CT molecular complexity index is 385. The van der Waals surface area contributed by atoms with Crippen LogP contribution in [0.1, 0.15) is 9.88 Å². The van der Waals surface area contributed by atoms with Crippen LogP contribution in [-0.4, -0.2) is 25.7 Å². The topological polar surface area (TPSA) is 85.1 Å². The van der Waals surface area contributed by atoms with E-state index in [1.54, 1.807) is 17.5 Å². The molecule has 7 heteroatoms. The maximum Gasteiger partial charge on any atom is 0.210 e. The number of hydrogen-bond acceptors (Lipinski definition) is 5. The predicted octanol–water partition coefficient (Wildman–Crippen LogP) is -0.170. The van der Waals surface area contributed by atoms with Crippen LogP contribution < -0.4 is 10.5 Å². The second kappa shape index (κ2) is 4.83. The first-order valence-corrected chi connectivity index (χ1v) is 6.63. The number of thiazole rings is 1. The second-order valence-corrected chi connectivity index (χ2v) is 5.94. The molecule has 1 rings (SSSR count). The summed E-state index contributed by atoms with van der Waals surface area (Å²) in [5.41, 5.74) is 0. The van der Waals surface area contributed by atoms with Gasteiger partial charge in [0.2, 0.25) is 10.0 Å². The first kappa shape index (κ1) is 11.6. The van der Waals surface area contributed by atoms with E-state index in [1.165, 1.54) is 0 Å². The molecule has 0 unspecified atom stereocenters. The zero-order valence-electron chi connectivity index (χ0n) is 7.86. The van der Waals surface area contributed by atoms with Gasteiger partial charge >= 0.3 is 0 Å². The van der Waals surface area contributed by atoms with Crippen LogP contribution in [0.5, 0.6) is 0 Å². The van der Waals surface area contributed by atoms with Gasteiger partial charge in [-0.15, -0.1) is 11.3 Å². The van der Waals surface area contributed by atoms with Crippen LogP contribution in [0.2, 0.25) is 0 Å². The molecule has 0 spiro atoms. The molecule has 1 heterocycles. The first-order valence-electron chi connectivity index (χ1n) is 4.10. The van der Waals surface area contributed by atoms with Gasteiger partial charge < -0.3 is 5.32 Å². The summed E-state index contributed by atoms with van der Waals surface area (Å²) in [6, 6.07) is 0. The zero-order valence-corrected chi connectivity index (χ0v) is 9.49. The fraction of sp³-hybridized carbons (Fsp3) is 0.571. The summed E-state index contributed by atoms with van der Waals surface area (Å²) in [5, 5.41) is 8.83. The van der Waals surface area contributed by atoms with Gasteiger partial charge in [-0.2, -0.15) is 0 Å². The molecular weight excluding hydrogens is 222 g/mol. The summed E-state index contributed by atoms with van der Waals surface area (Å²) in [6.07, 6.45) is 1.78. The lowest BCUT2D eigenvalue weighted by molar-refractivity contribution is 0.592. The van der Waals surface area contributed by atoms with E-state index in [1.807, 2.05) is 6.92 Å². The van der Waals surface area contributed by atoms with Crippen LogP contribution in [-0.2, 0) is 16.6 Å². The van der Waals surface area contributed by atoms with Crippen LogP contribution in [0, 0.1) is 6.92 Å². The summed E-state index contributed by atoms with van der Waals surface area (Å²) in [7, 11) is -3.35. The van der Waals surface area contributed by atoms with Crippen molar-refractivity contribution in [3.63, 3.8) is 0 Å². The number of aryl methyl sites for hydroxylation is 1. The quantitative estimate of drug-likeness (QED) is 0.694. The number of rotatable bonds is 5. The van der Waals surface area contributed by atoms with Crippen LogP contribution in [0.3, 0.4) is 0 Å². The van der Waals surface area contributed by atoms with Gasteiger partial charge in [0, 0.05) is 24.2 Å². The molecule has 0 atom stereocenters. The summed E-state index contributed by atoms with van der Waals surface area (Å²) in [6.45, 7) is 2.94. The van der Waals surface area contributed by atoms with Crippen LogP contribution in [0.4, 0.5) is 0 Å². The molecule has 80 valence electrons. The van der Waals surface area contributed by atoms with Crippen molar-refractivity contribution in [2.24, 2.45) is 5.14 Å². The van der Waals surface area contributed by atoms with Crippen LogP contribution in [0.15, 0.2) is 6.20 Å². The van der Waals surface area contributed by atoms with Crippen molar-refractivity contribution in [1.82, 2.24) is 10.3 Å². The van der Waals surface area contributed by atoms with Gasteiger partial charge in [0.15, 0.2) is 0 Å². The van der Waals surface area contributed by atoms with Gasteiger partial charge in [-0.25, -0.2) is 18.5 Å². The summed E-state index contributed by atoms with van der Waals surface area (Å²) < 4.78 is 21.1. The molecule has 0 radical (unpaired) electrons. The molecule has 1 aromatic heterocycles. The minimum absolute atomic E-state index is 0.0369. The molecule has 0 fully saturated rings. The van der Waals surface area contributed by atoms with E-state index >= 15 is 0 Å². The van der Waals surface area contributed by atoms with Crippen molar-refractivity contribution in [2.75, 3.05) is 12.3 Å². The maximum atomic E-state index is 10.6. The number of sulfonamides is 1. The molecule has 14 heavy (non-hydrogen) atoms. The molecular formula is C7H13N3O2S2. The molecule has 0 bridgehead atoms. The highest BCUT2D eigenvalue weighted by Crippen LogP contribution is 2.10. The minimum atomic E-state index is -3.35. The van der Waals surface area contributed by atoms with E-state index in [4.69, 9.17) is 5.14 Å². The molecule has 5 nitrogen and oxygen atoms in total. The van der Waals surface area contributed by atoms with Gasteiger partial charge in [0.1, 0.15) is 0 Å². The maximum absolute atomic E-state index is 10.6. The molecule has 0 amide bonds. The second-order valence-electron chi connectivity index (χ2n) is 2.89. The Labute approximate surface area is 87.4 Å². The smallest absolute Gasteiger partial charge is 0.210 e. The number of nitrogens with two attached hydrogens (primary N) is 1. The molecule has 0 aliphatic heterocycles. The Morgan fingerprint density at radius 2 is 2.36 bits per heavy atom. The van der Waals surface area contributed by atoms with Crippen molar-refractivity contribution in [1.29, 1.82) is 0 Å². The average Bonchev–Trinajstić information content (AvgIpc) is 2.44. The molecule has 0 aliphatic rings. The number of primary sulfonamides is 1. The van der Waals surface area contributed by atoms with Gasteiger partial charge in [-0.3, -0.25) is 0 Å². The molecule has 0 saturated carbocycles. The van der Waals surface area contributed by atoms with Crippen molar-refractivity contribution < 1.29 is 8.42 Å². The summed E-state index contributed by atoms with van der Waals surface area (Å²) in [5.74, 6) is -0.0369. The molecule has 0 aliphatic carbocycles. The lowest BCUT2D eigenvalue weighted by Crippen LogP contribution is -2.26. The van der Waals surface area contributed by atoms with E-state index in [0.717, 1.165) is 9.88 Å². The van der Waals surface area contributed by atoms with Gasteiger partial charge in [-0.1, -0.05) is 0 Å². The third kappa shape index (κ3) is 4.66. The average molecular weight is 235 g/mol. The number of nitrogens with zero attached hydrogens (tertiary/aromatic N) is 1. The largest absolute Gasteiger partial charge is 0.311 e. The molecule has 0 saturated heterocycles. The fourth-order valence-electron chi connectivity index (χ4n) is 0.913. The fourth-order valence-corrected chi connectivity index (χ4v) is 2.11. The molecule has 0 aromatic carbocycles. The predicted molar refractivity (Wildman–Crippen MR) is 56.5 cm³/mol. The third-order valence-corrected chi connectivity index (χ3v) is 3.22. The Kier molecular flexibility index (Phi) is 3.99. The zero-order chi connectivity index (χ0) is 10.6. The van der Waals surface area contributed by atoms with Gasteiger partial charge in [-0.05, 0) is 6.92 Å². The SMILES string of the molecule is Cc1ncc(CNCCS(N)(=O)=O)s1. The summed E-state index contributed by atoms with van der Waals surface area (Å²) >= 11 is 1.59. The molecule has 1 aromatic rings. The van der Waals surface area contributed by atoms with Crippen molar-refractivity contribution in [3.05, 3.63) is 16.1 Å². The Hall–Kier alpha value is -0.500. The van der Waals surface area contributed by atoms with Crippen molar-refractivity contribution in [2.45, 2.75) is 13.5 Å².